The largest absolute Gasteiger partial charge is 0.492 e. The Morgan fingerprint density at radius 2 is 1.96 bits per heavy atom. The molecule has 2 rings (SSSR count). The standard InChI is InChI=1S/C18H26N4O4S/c1-13-7-6-8-16(11-13)26-10-9-19-17(23)12-22-15(3)18(14(2)20-22)27(24,25)21(4)5/h6-8,11H,9-10,12H2,1-5H3,(H,19,23). The van der Waals surface area contributed by atoms with Gasteiger partial charge >= 0.3 is 0 Å². The normalized spacial score (nSPS) is 11.6. The third-order valence-corrected chi connectivity index (χ3v) is 6.10. The van der Waals surface area contributed by atoms with E-state index in [9.17, 15) is 13.2 Å². The number of ether oxygens (including phenoxy) is 1. The molecule has 0 atom stereocenters. The van der Waals surface area contributed by atoms with Crippen LogP contribution in [0.15, 0.2) is 29.2 Å². The van der Waals surface area contributed by atoms with Gasteiger partial charge in [-0.25, -0.2) is 12.7 Å². The molecule has 1 heterocycles. The molecule has 0 radical (unpaired) electrons. The van der Waals surface area contributed by atoms with Gasteiger partial charge in [0.15, 0.2) is 0 Å². The summed E-state index contributed by atoms with van der Waals surface area (Å²) in [7, 11) is -0.680. The molecule has 0 bridgehead atoms. The zero-order valence-corrected chi connectivity index (χ0v) is 17.1. The van der Waals surface area contributed by atoms with E-state index in [0.717, 1.165) is 15.6 Å². The molecule has 0 aliphatic rings. The van der Waals surface area contributed by atoms with Crippen LogP contribution in [0.1, 0.15) is 17.0 Å². The molecule has 27 heavy (non-hydrogen) atoms. The summed E-state index contributed by atoms with van der Waals surface area (Å²) in [6.45, 7) is 5.87. The molecule has 148 valence electrons. The molecule has 0 saturated heterocycles. The highest BCUT2D eigenvalue weighted by Crippen LogP contribution is 2.21. The van der Waals surface area contributed by atoms with Crippen molar-refractivity contribution in [2.75, 3.05) is 27.2 Å². The number of sulfonamides is 1. The Bertz CT molecular complexity index is 919. The minimum Gasteiger partial charge on any atom is -0.492 e. The van der Waals surface area contributed by atoms with Gasteiger partial charge in [-0.1, -0.05) is 12.1 Å². The Morgan fingerprint density at radius 1 is 1.26 bits per heavy atom. The zero-order valence-electron chi connectivity index (χ0n) is 16.3. The van der Waals surface area contributed by atoms with E-state index in [-0.39, 0.29) is 17.3 Å². The van der Waals surface area contributed by atoms with Crippen LogP contribution in [0, 0.1) is 20.8 Å². The summed E-state index contributed by atoms with van der Waals surface area (Å²) in [5.41, 5.74) is 1.91. The van der Waals surface area contributed by atoms with Crippen molar-refractivity contribution in [3.63, 3.8) is 0 Å². The second-order valence-corrected chi connectivity index (χ2v) is 8.55. The summed E-state index contributed by atoms with van der Waals surface area (Å²) in [4.78, 5) is 12.3. The highest BCUT2D eigenvalue weighted by atomic mass is 32.2. The first-order valence-electron chi connectivity index (χ1n) is 8.55. The highest BCUT2D eigenvalue weighted by Gasteiger charge is 2.27. The molecule has 1 amide bonds. The van der Waals surface area contributed by atoms with E-state index in [1.165, 1.54) is 18.8 Å². The number of benzene rings is 1. The maximum absolute atomic E-state index is 12.4. The molecule has 1 aromatic heterocycles. The van der Waals surface area contributed by atoms with E-state index < -0.39 is 10.0 Å². The van der Waals surface area contributed by atoms with Crippen molar-refractivity contribution in [3.8, 4) is 5.75 Å². The first-order valence-corrected chi connectivity index (χ1v) is 9.99. The van der Waals surface area contributed by atoms with Crippen LogP contribution in [0.2, 0.25) is 0 Å². The molecule has 0 aliphatic carbocycles. The number of rotatable bonds is 8. The number of carbonyl (C=O) groups is 1. The lowest BCUT2D eigenvalue weighted by Crippen LogP contribution is -2.32. The zero-order chi connectivity index (χ0) is 20.2. The lowest BCUT2D eigenvalue weighted by atomic mass is 10.2. The molecular formula is C18H26N4O4S. The molecule has 0 unspecified atom stereocenters. The van der Waals surface area contributed by atoms with E-state index in [1.54, 1.807) is 13.8 Å². The lowest BCUT2D eigenvalue weighted by Gasteiger charge is -2.12. The first-order chi connectivity index (χ1) is 12.6. The number of carbonyl (C=O) groups excluding carboxylic acids is 1. The average molecular weight is 394 g/mol. The summed E-state index contributed by atoms with van der Waals surface area (Å²) in [6, 6.07) is 7.67. The number of amides is 1. The SMILES string of the molecule is Cc1cccc(OCCNC(=O)Cn2nc(C)c(S(=O)(=O)N(C)C)c2C)c1. The van der Waals surface area contributed by atoms with E-state index in [4.69, 9.17) is 4.74 Å². The van der Waals surface area contributed by atoms with E-state index in [1.807, 2.05) is 31.2 Å². The van der Waals surface area contributed by atoms with Crippen LogP contribution in [0.25, 0.3) is 0 Å². The van der Waals surface area contributed by atoms with Crippen LogP contribution >= 0.6 is 0 Å². The van der Waals surface area contributed by atoms with Gasteiger partial charge in [0.2, 0.25) is 15.9 Å². The molecular weight excluding hydrogens is 368 g/mol. The van der Waals surface area contributed by atoms with Crippen molar-refractivity contribution in [1.29, 1.82) is 0 Å². The fraction of sp³-hybridized carbons (Fsp3) is 0.444. The van der Waals surface area contributed by atoms with Gasteiger partial charge in [-0.2, -0.15) is 5.10 Å². The molecule has 2 aromatic rings. The van der Waals surface area contributed by atoms with Gasteiger partial charge < -0.3 is 10.1 Å². The van der Waals surface area contributed by atoms with Crippen molar-refractivity contribution in [2.24, 2.45) is 0 Å². The van der Waals surface area contributed by atoms with Gasteiger partial charge in [-0.05, 0) is 38.5 Å². The molecule has 0 spiro atoms. The second kappa shape index (κ2) is 8.53. The Labute approximate surface area is 160 Å². The quantitative estimate of drug-likeness (QED) is 0.680. The minimum atomic E-state index is -3.61. The fourth-order valence-electron chi connectivity index (χ4n) is 2.65. The van der Waals surface area contributed by atoms with Crippen LogP contribution in [0.5, 0.6) is 5.75 Å². The summed E-state index contributed by atoms with van der Waals surface area (Å²) >= 11 is 0. The number of nitrogens with zero attached hydrogens (tertiary/aromatic N) is 3. The number of aryl methyl sites for hydroxylation is 2. The van der Waals surface area contributed by atoms with Gasteiger partial charge in [-0.3, -0.25) is 9.48 Å². The second-order valence-electron chi connectivity index (χ2n) is 6.46. The van der Waals surface area contributed by atoms with Gasteiger partial charge in [0.25, 0.3) is 0 Å². The number of hydrogen-bond acceptors (Lipinski definition) is 5. The molecule has 0 fully saturated rings. The fourth-order valence-corrected chi connectivity index (χ4v) is 3.90. The van der Waals surface area contributed by atoms with Gasteiger partial charge in [-0.15, -0.1) is 0 Å². The molecule has 0 aliphatic heterocycles. The van der Waals surface area contributed by atoms with Crippen molar-refractivity contribution >= 4 is 15.9 Å². The summed E-state index contributed by atoms with van der Waals surface area (Å²) in [5, 5.41) is 6.95. The van der Waals surface area contributed by atoms with Gasteiger partial charge in [0, 0.05) is 14.1 Å². The molecule has 9 heteroatoms. The molecule has 0 saturated carbocycles. The Hall–Kier alpha value is -2.39. The molecule has 1 aromatic carbocycles. The van der Waals surface area contributed by atoms with E-state index in [2.05, 4.69) is 10.4 Å². The predicted molar refractivity (Wildman–Crippen MR) is 102 cm³/mol. The number of nitrogens with one attached hydrogen (secondary N) is 1. The minimum absolute atomic E-state index is 0.0555. The van der Waals surface area contributed by atoms with E-state index >= 15 is 0 Å². The van der Waals surface area contributed by atoms with Crippen molar-refractivity contribution < 1.29 is 17.9 Å². The van der Waals surface area contributed by atoms with Crippen molar-refractivity contribution in [1.82, 2.24) is 19.4 Å². The highest BCUT2D eigenvalue weighted by molar-refractivity contribution is 7.89. The molecule has 8 nitrogen and oxygen atoms in total. The lowest BCUT2D eigenvalue weighted by molar-refractivity contribution is -0.122. The topological polar surface area (TPSA) is 93.5 Å². The van der Waals surface area contributed by atoms with Gasteiger partial charge in [0.1, 0.15) is 23.8 Å². The average Bonchev–Trinajstić information content (AvgIpc) is 2.85. The van der Waals surface area contributed by atoms with Crippen molar-refractivity contribution in [3.05, 3.63) is 41.2 Å². The summed E-state index contributed by atoms with van der Waals surface area (Å²) in [5.74, 6) is 0.489. The van der Waals surface area contributed by atoms with Gasteiger partial charge in [0.05, 0.1) is 17.9 Å². The number of aromatic nitrogens is 2. The number of hydrogen-bond donors (Lipinski definition) is 1. The maximum atomic E-state index is 12.4. The smallest absolute Gasteiger partial charge is 0.246 e. The molecule has 1 N–H and O–H groups in total. The van der Waals surface area contributed by atoms with Crippen LogP contribution in [0.4, 0.5) is 0 Å². The van der Waals surface area contributed by atoms with Crippen LogP contribution < -0.4 is 10.1 Å². The van der Waals surface area contributed by atoms with E-state index in [0.29, 0.717) is 24.5 Å². The third kappa shape index (κ3) is 5.08. The maximum Gasteiger partial charge on any atom is 0.246 e. The Balaban J connectivity index is 1.93. The third-order valence-electron chi connectivity index (χ3n) is 4.03. The van der Waals surface area contributed by atoms with Crippen molar-refractivity contribution in [2.45, 2.75) is 32.2 Å². The predicted octanol–water partition coefficient (Wildman–Crippen LogP) is 1.25. The first kappa shape index (κ1) is 20.9. The van der Waals surface area contributed by atoms with Crippen LogP contribution in [-0.2, 0) is 21.4 Å². The summed E-state index contributed by atoms with van der Waals surface area (Å²) < 4.78 is 32.9. The summed E-state index contributed by atoms with van der Waals surface area (Å²) in [6.07, 6.45) is 0. The monoisotopic (exact) mass is 394 g/mol. The van der Waals surface area contributed by atoms with Crippen LogP contribution in [0.3, 0.4) is 0 Å². The Kier molecular flexibility index (Phi) is 6.61. The Morgan fingerprint density at radius 3 is 2.59 bits per heavy atom. The van der Waals surface area contributed by atoms with Crippen LogP contribution in [-0.4, -0.2) is 55.7 Å².